The summed E-state index contributed by atoms with van der Waals surface area (Å²) in [6.45, 7) is 0. The second kappa shape index (κ2) is 4.88. The van der Waals surface area contributed by atoms with Crippen molar-refractivity contribution in [2.75, 3.05) is 7.05 Å². The molecule has 2 aromatic rings. The molecule has 3 heterocycles. The molecule has 21 heavy (non-hydrogen) atoms. The Hall–Kier alpha value is -1.81. The Morgan fingerprint density at radius 2 is 2.05 bits per heavy atom. The van der Waals surface area contributed by atoms with Crippen LogP contribution in [0.2, 0.25) is 0 Å². The highest BCUT2D eigenvalue weighted by Gasteiger charge is 2.40. The van der Waals surface area contributed by atoms with Crippen molar-refractivity contribution in [1.82, 2.24) is 9.88 Å². The Labute approximate surface area is 128 Å². The molecule has 1 unspecified atom stereocenters. The molecule has 3 atom stereocenters. The quantitative estimate of drug-likeness (QED) is 0.864. The lowest BCUT2D eigenvalue weighted by molar-refractivity contribution is -0.000258. The van der Waals surface area contributed by atoms with Gasteiger partial charge in [0.15, 0.2) is 0 Å². The Bertz CT molecular complexity index is 806. The number of rotatable bonds is 2. The standard InChI is InChI=1S/C17H20N2O2/c1-19-11-6-7-12(19)9-13(8-11)21-17(20)15-10-18-16-5-3-2-4-14(15)16/h2-5,10-13,18H,6-9H2,1H3/t11-,12+,13?/i2D,3D,10D. The van der Waals surface area contributed by atoms with E-state index in [9.17, 15) is 4.79 Å². The van der Waals surface area contributed by atoms with Gasteiger partial charge in [-0.15, -0.1) is 0 Å². The van der Waals surface area contributed by atoms with Gasteiger partial charge >= 0.3 is 5.97 Å². The fourth-order valence-corrected chi connectivity index (χ4v) is 3.72. The molecular weight excluding hydrogens is 264 g/mol. The van der Waals surface area contributed by atoms with Crippen LogP contribution < -0.4 is 0 Å². The molecule has 4 heteroatoms. The fourth-order valence-electron chi connectivity index (χ4n) is 3.72. The van der Waals surface area contributed by atoms with Gasteiger partial charge in [0, 0.05) is 42.0 Å². The van der Waals surface area contributed by atoms with Crippen molar-refractivity contribution in [1.29, 1.82) is 0 Å². The van der Waals surface area contributed by atoms with Gasteiger partial charge in [-0.05, 0) is 26.0 Å². The summed E-state index contributed by atoms with van der Waals surface area (Å²) in [6, 6.07) is 3.99. The molecule has 2 bridgehead atoms. The van der Waals surface area contributed by atoms with Crippen molar-refractivity contribution in [3.05, 3.63) is 36.0 Å². The number of nitrogens with zero attached hydrogens (tertiary/aromatic N) is 1. The number of carbonyl (C=O) groups excluding carboxylic acids is 1. The Morgan fingerprint density at radius 3 is 2.81 bits per heavy atom. The molecule has 0 radical (unpaired) electrons. The number of ether oxygens (including phenoxy) is 1. The third-order valence-corrected chi connectivity index (χ3v) is 4.93. The van der Waals surface area contributed by atoms with E-state index in [0.29, 0.717) is 23.0 Å². The van der Waals surface area contributed by atoms with Crippen LogP contribution in [0, 0.1) is 0 Å². The molecule has 0 spiro atoms. The Balaban J connectivity index is 1.60. The summed E-state index contributed by atoms with van der Waals surface area (Å²) in [5, 5.41) is 0.488. The number of esters is 1. The van der Waals surface area contributed by atoms with E-state index in [1.165, 1.54) is 12.1 Å². The van der Waals surface area contributed by atoms with Crippen LogP contribution in [0.3, 0.4) is 0 Å². The molecule has 2 saturated heterocycles. The van der Waals surface area contributed by atoms with Crippen LogP contribution in [0.1, 0.15) is 40.2 Å². The molecule has 110 valence electrons. The van der Waals surface area contributed by atoms with Crippen molar-refractivity contribution in [2.24, 2.45) is 0 Å². The number of hydrogen-bond donors (Lipinski definition) is 1. The van der Waals surface area contributed by atoms with Crippen LogP contribution in [0.15, 0.2) is 30.4 Å². The molecule has 1 aromatic heterocycles. The average Bonchev–Trinajstić information content (AvgIpc) is 2.91. The van der Waals surface area contributed by atoms with Crippen LogP contribution >= 0.6 is 0 Å². The minimum atomic E-state index is -0.502. The van der Waals surface area contributed by atoms with Crippen LogP contribution in [-0.2, 0) is 4.74 Å². The number of piperidine rings is 1. The SMILES string of the molecule is [2H]c1cc2[nH]c([2H])c(C(=O)OC3C[C@H]4CC[C@@H](C3)N4C)c2cc1[2H]. The molecule has 4 nitrogen and oxygen atoms in total. The lowest BCUT2D eigenvalue weighted by Gasteiger charge is -2.35. The van der Waals surface area contributed by atoms with Crippen molar-refractivity contribution < 1.29 is 13.6 Å². The van der Waals surface area contributed by atoms with Crippen molar-refractivity contribution in [3.63, 3.8) is 0 Å². The predicted octanol–water partition coefficient (Wildman–Crippen LogP) is 2.95. The predicted molar refractivity (Wildman–Crippen MR) is 81.3 cm³/mol. The summed E-state index contributed by atoms with van der Waals surface area (Å²) in [7, 11) is 2.14. The molecule has 0 saturated carbocycles. The number of benzene rings is 1. The second-order valence-electron chi connectivity index (χ2n) is 6.08. The molecule has 2 aliphatic rings. The maximum absolute atomic E-state index is 12.6. The molecule has 0 aliphatic carbocycles. The van der Waals surface area contributed by atoms with Gasteiger partial charge in [-0.2, -0.15) is 0 Å². The molecule has 1 aromatic carbocycles. The van der Waals surface area contributed by atoms with E-state index in [1.54, 1.807) is 0 Å². The van der Waals surface area contributed by atoms with Crippen LogP contribution in [0.4, 0.5) is 0 Å². The number of hydrogen-bond acceptors (Lipinski definition) is 3. The van der Waals surface area contributed by atoms with E-state index in [-0.39, 0.29) is 29.9 Å². The van der Waals surface area contributed by atoms with E-state index in [2.05, 4.69) is 16.9 Å². The summed E-state index contributed by atoms with van der Waals surface area (Å²) in [4.78, 5) is 17.8. The van der Waals surface area contributed by atoms with Gasteiger partial charge < -0.3 is 14.6 Å². The van der Waals surface area contributed by atoms with Gasteiger partial charge in [0.2, 0.25) is 0 Å². The zero-order valence-corrected chi connectivity index (χ0v) is 12.0. The zero-order valence-electron chi connectivity index (χ0n) is 15.0. The third-order valence-electron chi connectivity index (χ3n) is 4.93. The molecular formula is C17H20N2O2. The van der Waals surface area contributed by atoms with Crippen molar-refractivity contribution >= 4 is 16.9 Å². The second-order valence-corrected chi connectivity index (χ2v) is 6.08. The van der Waals surface area contributed by atoms with Crippen LogP contribution in [0.25, 0.3) is 10.9 Å². The number of carbonyl (C=O) groups is 1. The van der Waals surface area contributed by atoms with Gasteiger partial charge in [0.05, 0.1) is 9.68 Å². The number of para-hydroxylation sites is 1. The minimum absolute atomic E-state index is 0.0177. The van der Waals surface area contributed by atoms with E-state index in [4.69, 9.17) is 8.85 Å². The first-order valence-corrected chi connectivity index (χ1v) is 7.46. The summed E-state index contributed by atoms with van der Waals surface area (Å²) in [5.74, 6) is -0.502. The summed E-state index contributed by atoms with van der Waals surface area (Å²) in [5.41, 5.74) is 0.696. The average molecular weight is 287 g/mol. The van der Waals surface area contributed by atoms with E-state index < -0.39 is 5.97 Å². The third kappa shape index (κ3) is 2.14. The molecule has 2 fully saturated rings. The lowest BCUT2D eigenvalue weighted by Crippen LogP contribution is -2.43. The maximum Gasteiger partial charge on any atom is 0.340 e. The highest BCUT2D eigenvalue weighted by Crippen LogP contribution is 2.35. The summed E-state index contributed by atoms with van der Waals surface area (Å²) < 4.78 is 29.2. The topological polar surface area (TPSA) is 45.3 Å². The van der Waals surface area contributed by atoms with Gasteiger partial charge in [-0.25, -0.2) is 4.79 Å². The first-order chi connectivity index (χ1) is 11.4. The minimum Gasteiger partial charge on any atom is -0.459 e. The van der Waals surface area contributed by atoms with Crippen molar-refractivity contribution in [3.8, 4) is 0 Å². The van der Waals surface area contributed by atoms with Crippen LogP contribution in [0.5, 0.6) is 0 Å². The summed E-state index contributed by atoms with van der Waals surface area (Å²) >= 11 is 0. The molecule has 2 aliphatic heterocycles. The van der Waals surface area contributed by atoms with Gasteiger partial charge in [0.25, 0.3) is 0 Å². The Kier molecular flexibility index (Phi) is 2.33. The number of aromatic amines is 1. The first-order valence-electron chi connectivity index (χ1n) is 8.96. The Morgan fingerprint density at radius 1 is 1.33 bits per heavy atom. The van der Waals surface area contributed by atoms with Gasteiger partial charge in [0.1, 0.15) is 6.10 Å². The number of aromatic nitrogens is 1. The first kappa shape index (κ1) is 10.0. The van der Waals surface area contributed by atoms with E-state index in [1.807, 2.05) is 0 Å². The highest BCUT2D eigenvalue weighted by atomic mass is 16.5. The normalized spacial score (nSPS) is 30.9. The monoisotopic (exact) mass is 287 g/mol. The van der Waals surface area contributed by atoms with Gasteiger partial charge in [-0.3, -0.25) is 0 Å². The molecule has 1 N–H and O–H groups in total. The molecule has 4 rings (SSSR count). The van der Waals surface area contributed by atoms with E-state index in [0.717, 1.165) is 25.7 Å². The maximum atomic E-state index is 12.6. The smallest absolute Gasteiger partial charge is 0.340 e. The lowest BCUT2D eigenvalue weighted by atomic mass is 10.0. The van der Waals surface area contributed by atoms with E-state index >= 15 is 0 Å². The van der Waals surface area contributed by atoms with Crippen molar-refractivity contribution in [2.45, 2.75) is 43.9 Å². The number of H-pyrrole nitrogens is 1. The fraction of sp³-hybridized carbons (Fsp3) is 0.471. The highest BCUT2D eigenvalue weighted by molar-refractivity contribution is 6.04. The number of nitrogens with one attached hydrogen (secondary N) is 1. The largest absolute Gasteiger partial charge is 0.459 e. The van der Waals surface area contributed by atoms with Crippen LogP contribution in [-0.4, -0.2) is 41.1 Å². The summed E-state index contributed by atoms with van der Waals surface area (Å²) in [6.07, 6.45) is 3.86. The van der Waals surface area contributed by atoms with Gasteiger partial charge in [-0.1, -0.05) is 18.2 Å². The zero-order chi connectivity index (χ0) is 17.0. The molecule has 0 amide bonds. The number of fused-ring (bicyclic) bond motifs is 3.